The second kappa shape index (κ2) is 10.1. The molecule has 0 aromatic heterocycles. The number of ether oxygens (including phenoxy) is 2. The Morgan fingerprint density at radius 3 is 2.34 bits per heavy atom. The number of carbonyl (C=O) groups excluding carboxylic acids is 2. The molecule has 1 unspecified atom stereocenters. The van der Waals surface area contributed by atoms with Crippen molar-refractivity contribution >= 4 is 29.2 Å². The average molecular weight is 423 g/mol. The number of non-ortho nitro benzene ring substituents is 1. The average Bonchev–Trinajstić information content (AvgIpc) is 2.67. The minimum atomic E-state index is -0.862. The van der Waals surface area contributed by atoms with Crippen molar-refractivity contribution in [3.8, 4) is 0 Å². The molecule has 29 heavy (non-hydrogen) atoms. The second-order valence-corrected chi connectivity index (χ2v) is 6.76. The van der Waals surface area contributed by atoms with Gasteiger partial charge in [0.15, 0.2) is 0 Å². The van der Waals surface area contributed by atoms with Crippen LogP contribution in [0.25, 0.3) is 0 Å². The van der Waals surface area contributed by atoms with Crippen LogP contribution in [0.15, 0.2) is 46.8 Å². The number of nitro groups is 1. The van der Waals surface area contributed by atoms with Gasteiger partial charge in [-0.15, -0.1) is 11.6 Å². The molecule has 1 aliphatic heterocycles. The van der Waals surface area contributed by atoms with Crippen molar-refractivity contribution < 1.29 is 24.0 Å². The molecule has 1 aromatic rings. The van der Waals surface area contributed by atoms with Gasteiger partial charge in [-0.25, -0.2) is 9.59 Å². The van der Waals surface area contributed by atoms with Crippen molar-refractivity contribution in [1.82, 2.24) is 5.32 Å². The number of halogens is 1. The van der Waals surface area contributed by atoms with Crippen molar-refractivity contribution in [2.75, 3.05) is 19.1 Å². The first-order valence-corrected chi connectivity index (χ1v) is 9.68. The van der Waals surface area contributed by atoms with E-state index in [1.54, 1.807) is 26.8 Å². The summed E-state index contributed by atoms with van der Waals surface area (Å²) < 4.78 is 10.5. The van der Waals surface area contributed by atoms with E-state index in [9.17, 15) is 19.7 Å². The molecule has 0 fully saturated rings. The molecule has 0 saturated heterocycles. The maximum Gasteiger partial charge on any atom is 0.336 e. The van der Waals surface area contributed by atoms with Gasteiger partial charge < -0.3 is 14.8 Å². The van der Waals surface area contributed by atoms with Crippen LogP contribution in [0.3, 0.4) is 0 Å². The van der Waals surface area contributed by atoms with Gasteiger partial charge in [-0.3, -0.25) is 10.1 Å². The number of nitro benzene ring substituents is 1. The molecule has 2 rings (SSSR count). The number of hydrogen-bond donors (Lipinski definition) is 1. The smallest absolute Gasteiger partial charge is 0.336 e. The predicted molar refractivity (Wildman–Crippen MR) is 107 cm³/mol. The summed E-state index contributed by atoms with van der Waals surface area (Å²) >= 11 is 5.64. The molecule has 0 aliphatic carbocycles. The summed E-state index contributed by atoms with van der Waals surface area (Å²) in [6, 6.07) is 5.84. The van der Waals surface area contributed by atoms with Crippen LogP contribution in [-0.4, -0.2) is 36.0 Å². The molecular formula is C20H23ClN2O6. The highest BCUT2D eigenvalue weighted by molar-refractivity contribution is 6.17. The molecule has 1 heterocycles. The first-order valence-electron chi connectivity index (χ1n) is 9.14. The Hall–Kier alpha value is -2.87. The molecule has 1 atom stereocenters. The largest absolute Gasteiger partial charge is 0.463 e. The molecule has 0 bridgehead atoms. The van der Waals surface area contributed by atoms with E-state index < -0.39 is 22.8 Å². The van der Waals surface area contributed by atoms with E-state index in [0.29, 0.717) is 29.3 Å². The molecular weight excluding hydrogens is 400 g/mol. The Balaban J connectivity index is 2.59. The lowest BCUT2D eigenvalue weighted by Gasteiger charge is -2.30. The molecule has 0 radical (unpaired) electrons. The van der Waals surface area contributed by atoms with E-state index >= 15 is 0 Å². The van der Waals surface area contributed by atoms with Gasteiger partial charge >= 0.3 is 11.9 Å². The molecule has 8 nitrogen and oxygen atoms in total. The van der Waals surface area contributed by atoms with E-state index in [4.69, 9.17) is 21.1 Å². The highest BCUT2D eigenvalue weighted by Gasteiger charge is 2.38. The maximum absolute atomic E-state index is 12.8. The van der Waals surface area contributed by atoms with Gasteiger partial charge in [-0.1, -0.05) is 12.1 Å². The van der Waals surface area contributed by atoms with Crippen molar-refractivity contribution in [2.45, 2.75) is 33.1 Å². The fourth-order valence-electron chi connectivity index (χ4n) is 3.19. The molecule has 0 spiro atoms. The van der Waals surface area contributed by atoms with Crippen LogP contribution in [-0.2, 0) is 19.1 Å². The SMILES string of the molecule is CCOC(=O)C1=C(C)NC(C)=C(C(=O)OCCCCl)C1c1cccc([N+](=O)[O-])c1. The second-order valence-electron chi connectivity index (χ2n) is 6.39. The molecule has 1 aliphatic rings. The Morgan fingerprint density at radius 2 is 1.79 bits per heavy atom. The number of nitrogens with zero attached hydrogens (tertiary/aromatic N) is 1. The summed E-state index contributed by atoms with van der Waals surface area (Å²) in [6.45, 7) is 5.33. The Bertz CT molecular complexity index is 877. The van der Waals surface area contributed by atoms with Crippen LogP contribution < -0.4 is 5.32 Å². The molecule has 156 valence electrons. The van der Waals surface area contributed by atoms with Crippen LogP contribution in [0.2, 0.25) is 0 Å². The third kappa shape index (κ3) is 5.14. The predicted octanol–water partition coefficient (Wildman–Crippen LogP) is 3.56. The van der Waals surface area contributed by atoms with Gasteiger partial charge in [0.05, 0.1) is 35.2 Å². The van der Waals surface area contributed by atoms with E-state index in [1.807, 2.05) is 0 Å². The van der Waals surface area contributed by atoms with Gasteiger partial charge in [0.2, 0.25) is 0 Å². The van der Waals surface area contributed by atoms with Gasteiger partial charge in [-0.05, 0) is 32.8 Å². The lowest BCUT2D eigenvalue weighted by molar-refractivity contribution is -0.384. The van der Waals surface area contributed by atoms with Crippen molar-refractivity contribution in [2.24, 2.45) is 0 Å². The minimum Gasteiger partial charge on any atom is -0.463 e. The first kappa shape index (κ1) is 22.4. The summed E-state index contributed by atoms with van der Waals surface area (Å²) in [5, 5.41) is 14.3. The number of carbonyl (C=O) groups is 2. The zero-order chi connectivity index (χ0) is 21.6. The van der Waals surface area contributed by atoms with Crippen LogP contribution in [0.5, 0.6) is 0 Å². The summed E-state index contributed by atoms with van der Waals surface area (Å²) in [6.07, 6.45) is 0.480. The molecule has 0 amide bonds. The van der Waals surface area contributed by atoms with E-state index in [0.717, 1.165) is 0 Å². The first-order chi connectivity index (χ1) is 13.8. The Morgan fingerprint density at radius 1 is 1.17 bits per heavy atom. The Labute approximate surface area is 173 Å². The zero-order valence-corrected chi connectivity index (χ0v) is 17.2. The van der Waals surface area contributed by atoms with Gasteiger partial charge in [0.25, 0.3) is 5.69 Å². The van der Waals surface area contributed by atoms with Crippen LogP contribution >= 0.6 is 11.6 Å². The molecule has 1 N–H and O–H groups in total. The lowest BCUT2D eigenvalue weighted by atomic mass is 9.80. The molecule has 1 aromatic carbocycles. The zero-order valence-electron chi connectivity index (χ0n) is 16.5. The van der Waals surface area contributed by atoms with E-state index in [1.165, 1.54) is 18.2 Å². The van der Waals surface area contributed by atoms with Crippen LogP contribution in [0.1, 0.15) is 38.7 Å². The maximum atomic E-state index is 12.8. The standard InChI is InChI=1S/C20H23ClN2O6/c1-4-28-19(24)16-12(2)22-13(3)17(20(25)29-10-6-9-21)18(16)14-7-5-8-15(11-14)23(26)27/h5,7-8,11,18,22H,4,6,9-10H2,1-3H3. The van der Waals surface area contributed by atoms with Gasteiger partial charge in [0.1, 0.15) is 0 Å². The van der Waals surface area contributed by atoms with Crippen molar-refractivity contribution in [3.63, 3.8) is 0 Å². The quantitative estimate of drug-likeness (QED) is 0.224. The van der Waals surface area contributed by atoms with Crippen molar-refractivity contribution in [1.29, 1.82) is 0 Å². The van der Waals surface area contributed by atoms with E-state index in [-0.39, 0.29) is 30.0 Å². The van der Waals surface area contributed by atoms with Gasteiger partial charge in [-0.2, -0.15) is 0 Å². The van der Waals surface area contributed by atoms with Crippen LogP contribution in [0, 0.1) is 10.1 Å². The highest BCUT2D eigenvalue weighted by atomic mass is 35.5. The third-order valence-electron chi connectivity index (χ3n) is 4.40. The molecule has 0 saturated carbocycles. The number of rotatable bonds is 8. The van der Waals surface area contributed by atoms with Crippen LogP contribution in [0.4, 0.5) is 5.69 Å². The summed E-state index contributed by atoms with van der Waals surface area (Å²) in [7, 11) is 0. The van der Waals surface area contributed by atoms with E-state index in [2.05, 4.69) is 5.32 Å². The third-order valence-corrected chi connectivity index (χ3v) is 4.67. The number of alkyl halides is 1. The van der Waals surface area contributed by atoms with Gasteiger partial charge in [0, 0.05) is 29.4 Å². The summed E-state index contributed by atoms with van der Waals surface area (Å²) in [5.74, 6) is -1.75. The minimum absolute atomic E-state index is 0.123. The topological polar surface area (TPSA) is 108 Å². The lowest BCUT2D eigenvalue weighted by Crippen LogP contribution is -2.32. The number of benzene rings is 1. The highest BCUT2D eigenvalue weighted by Crippen LogP contribution is 2.40. The molecule has 9 heteroatoms. The summed E-state index contributed by atoms with van der Waals surface area (Å²) in [5.41, 5.74) is 1.70. The normalized spacial score (nSPS) is 16.3. The number of nitrogens with one attached hydrogen (secondary N) is 1. The van der Waals surface area contributed by atoms with Crippen molar-refractivity contribution in [3.05, 3.63) is 62.5 Å². The number of dihydropyridines is 1. The fraction of sp³-hybridized carbons (Fsp3) is 0.400. The fourth-order valence-corrected chi connectivity index (χ4v) is 3.30. The summed E-state index contributed by atoms with van der Waals surface area (Å²) in [4.78, 5) is 36.3. The number of allylic oxidation sites excluding steroid dienone is 2. The monoisotopic (exact) mass is 422 g/mol. The number of esters is 2. The Kier molecular flexibility index (Phi) is 7.78. The number of hydrogen-bond acceptors (Lipinski definition) is 7.